The number of carbonyl (C=O) groups is 1. The second-order valence-electron chi connectivity index (χ2n) is 3.20. The Morgan fingerprint density at radius 3 is 2.75 bits per heavy atom. The molecule has 0 spiro atoms. The van der Waals surface area contributed by atoms with Crippen molar-refractivity contribution in [1.29, 1.82) is 0 Å². The third-order valence-electron chi connectivity index (χ3n) is 2.02. The van der Waals surface area contributed by atoms with Crippen LogP contribution in [0.15, 0.2) is 0 Å². The lowest BCUT2D eigenvalue weighted by Gasteiger charge is -2.09. The SMILES string of the molecule is COc1nc(C)c(CC(N)C(=O)O)nc1F. The molecule has 0 bridgehead atoms. The maximum Gasteiger partial charge on any atom is 0.320 e. The van der Waals surface area contributed by atoms with Gasteiger partial charge < -0.3 is 15.6 Å². The number of ether oxygens (including phenoxy) is 1. The first-order chi connectivity index (χ1) is 7.45. The molecular weight excluding hydrogens is 217 g/mol. The normalized spacial score (nSPS) is 12.2. The van der Waals surface area contributed by atoms with Crippen LogP contribution in [0, 0.1) is 12.9 Å². The molecule has 3 N–H and O–H groups in total. The van der Waals surface area contributed by atoms with Gasteiger partial charge in [0.1, 0.15) is 6.04 Å². The lowest BCUT2D eigenvalue weighted by atomic mass is 10.1. The van der Waals surface area contributed by atoms with Gasteiger partial charge in [0.2, 0.25) is 0 Å². The van der Waals surface area contributed by atoms with Crippen molar-refractivity contribution >= 4 is 5.97 Å². The Kier molecular flexibility index (Phi) is 3.73. The van der Waals surface area contributed by atoms with Crippen LogP contribution in [0.5, 0.6) is 5.88 Å². The lowest BCUT2D eigenvalue weighted by molar-refractivity contribution is -0.138. The monoisotopic (exact) mass is 229 g/mol. The van der Waals surface area contributed by atoms with E-state index in [-0.39, 0.29) is 18.0 Å². The highest BCUT2D eigenvalue weighted by Crippen LogP contribution is 2.14. The van der Waals surface area contributed by atoms with Crippen LogP contribution in [0.25, 0.3) is 0 Å². The zero-order chi connectivity index (χ0) is 12.3. The fraction of sp³-hybridized carbons (Fsp3) is 0.444. The van der Waals surface area contributed by atoms with Crippen LogP contribution < -0.4 is 10.5 Å². The van der Waals surface area contributed by atoms with Crippen molar-refractivity contribution in [2.45, 2.75) is 19.4 Å². The number of nitrogens with zero attached hydrogens (tertiary/aromatic N) is 2. The van der Waals surface area contributed by atoms with Gasteiger partial charge in [0, 0.05) is 6.42 Å². The topological polar surface area (TPSA) is 98.3 Å². The molecule has 0 amide bonds. The molecule has 0 fully saturated rings. The molecule has 6 nitrogen and oxygen atoms in total. The highest BCUT2D eigenvalue weighted by molar-refractivity contribution is 5.73. The summed E-state index contributed by atoms with van der Waals surface area (Å²) in [5, 5.41) is 8.61. The van der Waals surface area contributed by atoms with E-state index in [2.05, 4.69) is 14.7 Å². The number of carboxylic acids is 1. The summed E-state index contributed by atoms with van der Waals surface area (Å²) < 4.78 is 17.8. The van der Waals surface area contributed by atoms with Crippen LogP contribution in [-0.2, 0) is 11.2 Å². The van der Waals surface area contributed by atoms with E-state index in [1.165, 1.54) is 7.11 Å². The second kappa shape index (κ2) is 4.84. The molecule has 1 aromatic rings. The number of nitrogens with two attached hydrogens (primary N) is 1. The van der Waals surface area contributed by atoms with E-state index in [0.29, 0.717) is 5.69 Å². The maximum absolute atomic E-state index is 13.2. The molecule has 0 saturated heterocycles. The number of hydrogen-bond donors (Lipinski definition) is 2. The quantitative estimate of drug-likeness (QED) is 0.747. The van der Waals surface area contributed by atoms with Gasteiger partial charge in [-0.25, -0.2) is 9.97 Å². The average molecular weight is 229 g/mol. The van der Waals surface area contributed by atoms with Crippen LogP contribution >= 0.6 is 0 Å². The molecule has 0 aliphatic carbocycles. The molecule has 0 aliphatic rings. The predicted octanol–water partition coefficient (Wildman–Crippen LogP) is -0.113. The van der Waals surface area contributed by atoms with Gasteiger partial charge in [0.15, 0.2) is 0 Å². The van der Waals surface area contributed by atoms with Crippen LogP contribution in [0.2, 0.25) is 0 Å². The first kappa shape index (κ1) is 12.3. The minimum Gasteiger partial charge on any atom is -0.480 e. The minimum atomic E-state index is -1.17. The number of aromatic nitrogens is 2. The molecule has 1 unspecified atom stereocenters. The van der Waals surface area contributed by atoms with E-state index in [4.69, 9.17) is 10.8 Å². The van der Waals surface area contributed by atoms with Crippen molar-refractivity contribution in [3.05, 3.63) is 17.3 Å². The first-order valence-corrected chi connectivity index (χ1v) is 4.51. The van der Waals surface area contributed by atoms with Crippen LogP contribution in [0.4, 0.5) is 4.39 Å². The number of rotatable bonds is 4. The number of methoxy groups -OCH3 is 1. The third kappa shape index (κ3) is 2.63. The molecule has 0 aliphatic heterocycles. The van der Waals surface area contributed by atoms with Gasteiger partial charge in [-0.15, -0.1) is 0 Å². The fourth-order valence-corrected chi connectivity index (χ4v) is 1.13. The molecule has 16 heavy (non-hydrogen) atoms. The van der Waals surface area contributed by atoms with Crippen molar-refractivity contribution < 1.29 is 19.0 Å². The molecule has 1 aromatic heterocycles. The van der Waals surface area contributed by atoms with Gasteiger partial charge >= 0.3 is 5.97 Å². The van der Waals surface area contributed by atoms with E-state index < -0.39 is 18.0 Å². The number of aliphatic carboxylic acids is 1. The number of hydrogen-bond acceptors (Lipinski definition) is 5. The van der Waals surface area contributed by atoms with Crippen LogP contribution in [0.3, 0.4) is 0 Å². The standard InChI is InChI=1S/C9H12FN3O3/c1-4-6(3-5(11)9(14)15)13-7(10)8(12-4)16-2/h5H,3,11H2,1-2H3,(H,14,15). The molecule has 1 heterocycles. The first-order valence-electron chi connectivity index (χ1n) is 4.51. The molecule has 0 radical (unpaired) electrons. The molecule has 1 rings (SSSR count). The summed E-state index contributed by atoms with van der Waals surface area (Å²) in [6.07, 6.45) is -0.0743. The molecule has 88 valence electrons. The van der Waals surface area contributed by atoms with E-state index >= 15 is 0 Å². The Hall–Kier alpha value is -1.76. The number of halogens is 1. The second-order valence-corrected chi connectivity index (χ2v) is 3.20. The summed E-state index contributed by atoms with van der Waals surface area (Å²) in [5.74, 6) is -2.26. The van der Waals surface area contributed by atoms with Crippen molar-refractivity contribution in [1.82, 2.24) is 9.97 Å². The van der Waals surface area contributed by atoms with Gasteiger partial charge in [-0.1, -0.05) is 0 Å². The smallest absolute Gasteiger partial charge is 0.320 e. The highest BCUT2D eigenvalue weighted by atomic mass is 19.1. The molecule has 1 atom stereocenters. The summed E-state index contributed by atoms with van der Waals surface area (Å²) in [4.78, 5) is 17.9. The van der Waals surface area contributed by atoms with Crippen molar-refractivity contribution in [2.75, 3.05) is 7.11 Å². The third-order valence-corrected chi connectivity index (χ3v) is 2.02. The van der Waals surface area contributed by atoms with Gasteiger partial charge in [-0.2, -0.15) is 4.39 Å². The van der Waals surface area contributed by atoms with Gasteiger partial charge in [-0.05, 0) is 6.92 Å². The Labute approximate surface area is 91.3 Å². The van der Waals surface area contributed by atoms with Gasteiger partial charge in [-0.3, -0.25) is 4.79 Å². The highest BCUT2D eigenvalue weighted by Gasteiger charge is 2.17. The lowest BCUT2D eigenvalue weighted by Crippen LogP contribution is -2.33. The summed E-state index contributed by atoms with van der Waals surface area (Å²) in [6.45, 7) is 1.58. The number of aryl methyl sites for hydroxylation is 1. The zero-order valence-corrected chi connectivity index (χ0v) is 8.90. The van der Waals surface area contributed by atoms with Crippen LogP contribution in [0.1, 0.15) is 11.4 Å². The van der Waals surface area contributed by atoms with Crippen molar-refractivity contribution in [2.24, 2.45) is 5.73 Å². The predicted molar refractivity (Wildman–Crippen MR) is 52.6 cm³/mol. The Morgan fingerprint density at radius 1 is 1.62 bits per heavy atom. The summed E-state index contributed by atoms with van der Waals surface area (Å²) in [7, 11) is 1.27. The Morgan fingerprint density at radius 2 is 2.25 bits per heavy atom. The molecular formula is C9H12FN3O3. The largest absolute Gasteiger partial charge is 0.480 e. The number of carboxylic acid groups (broad SMARTS) is 1. The van der Waals surface area contributed by atoms with E-state index in [1.807, 2.05) is 0 Å². The molecule has 0 aromatic carbocycles. The average Bonchev–Trinajstić information content (AvgIpc) is 2.22. The minimum absolute atomic E-state index is 0.0743. The molecule has 7 heteroatoms. The molecule has 0 saturated carbocycles. The Balaban J connectivity index is 2.98. The Bertz CT molecular complexity index is 411. The van der Waals surface area contributed by atoms with E-state index in [9.17, 15) is 9.18 Å². The fourth-order valence-electron chi connectivity index (χ4n) is 1.13. The summed E-state index contributed by atoms with van der Waals surface area (Å²) in [6, 6.07) is -1.12. The van der Waals surface area contributed by atoms with Crippen molar-refractivity contribution in [3.63, 3.8) is 0 Å². The summed E-state index contributed by atoms with van der Waals surface area (Å²) >= 11 is 0. The van der Waals surface area contributed by atoms with Gasteiger partial charge in [0.25, 0.3) is 11.8 Å². The zero-order valence-electron chi connectivity index (χ0n) is 8.90. The van der Waals surface area contributed by atoms with Gasteiger partial charge in [0.05, 0.1) is 18.5 Å². The maximum atomic E-state index is 13.2. The van der Waals surface area contributed by atoms with E-state index in [1.54, 1.807) is 6.92 Å². The van der Waals surface area contributed by atoms with Crippen molar-refractivity contribution in [3.8, 4) is 5.88 Å². The van der Waals surface area contributed by atoms with Crippen LogP contribution in [-0.4, -0.2) is 34.2 Å². The summed E-state index contributed by atoms with van der Waals surface area (Å²) in [5.41, 5.74) is 5.93. The van der Waals surface area contributed by atoms with E-state index in [0.717, 1.165) is 0 Å².